The molecule has 0 bridgehead atoms. The van der Waals surface area contributed by atoms with Gasteiger partial charge in [0.05, 0.1) is 25.4 Å². The molecule has 0 radical (unpaired) electrons. The van der Waals surface area contributed by atoms with Gasteiger partial charge in [0.2, 0.25) is 0 Å². The standard InChI is InChI=1S/C4H11NO3.C4H4O4/c5-4(1-6,2-7)3-8;5-3(6)1-2-4(7)8/h6-8H,1-3,5H2;1-2H,(H,5,6)(H,7,8). The molecule has 0 heterocycles. The zero-order chi connectivity index (χ0) is 13.2. The van der Waals surface area contributed by atoms with Crippen LogP contribution in [0.4, 0.5) is 0 Å². The fourth-order valence-electron chi connectivity index (χ4n) is 0.293. The third-order valence-electron chi connectivity index (χ3n) is 1.31. The molecule has 0 spiro atoms. The van der Waals surface area contributed by atoms with Gasteiger partial charge in [0.15, 0.2) is 0 Å². The monoisotopic (exact) mass is 237 g/mol. The molecule has 0 unspecified atom stereocenters. The van der Waals surface area contributed by atoms with Crippen LogP contribution in [0, 0.1) is 0 Å². The van der Waals surface area contributed by atoms with Crippen LogP contribution in [0.25, 0.3) is 0 Å². The molecule has 94 valence electrons. The van der Waals surface area contributed by atoms with Crippen molar-refractivity contribution < 1.29 is 35.1 Å². The molecule has 8 nitrogen and oxygen atoms in total. The van der Waals surface area contributed by atoms with Gasteiger partial charge >= 0.3 is 11.9 Å². The lowest BCUT2D eigenvalue weighted by atomic mass is 10.1. The second kappa shape index (κ2) is 8.80. The fraction of sp³-hybridized carbons (Fsp3) is 0.500. The Balaban J connectivity index is 0. The van der Waals surface area contributed by atoms with Gasteiger partial charge in [-0.05, 0) is 0 Å². The van der Waals surface area contributed by atoms with Crippen molar-refractivity contribution in [1.82, 2.24) is 0 Å². The SMILES string of the molecule is NC(CO)(CO)CO.O=C(O)C=CC(=O)O. The predicted molar refractivity (Wildman–Crippen MR) is 52.6 cm³/mol. The zero-order valence-electron chi connectivity index (χ0n) is 8.41. The molecule has 0 aliphatic heterocycles. The lowest BCUT2D eigenvalue weighted by molar-refractivity contribution is -0.134. The number of rotatable bonds is 5. The van der Waals surface area contributed by atoms with Crippen molar-refractivity contribution in [3.8, 4) is 0 Å². The quantitative estimate of drug-likeness (QED) is 0.283. The van der Waals surface area contributed by atoms with E-state index >= 15 is 0 Å². The van der Waals surface area contributed by atoms with E-state index in [1.165, 1.54) is 0 Å². The van der Waals surface area contributed by atoms with Crippen LogP contribution >= 0.6 is 0 Å². The number of hydrogen-bond donors (Lipinski definition) is 6. The average molecular weight is 237 g/mol. The molecule has 0 aromatic heterocycles. The predicted octanol–water partition coefficient (Wildman–Crippen LogP) is -2.63. The minimum atomic E-state index is -1.26. The lowest BCUT2D eigenvalue weighted by Crippen LogP contribution is -2.50. The van der Waals surface area contributed by atoms with E-state index in [1.54, 1.807) is 0 Å². The van der Waals surface area contributed by atoms with E-state index in [-0.39, 0.29) is 0 Å². The number of aliphatic hydroxyl groups excluding tert-OH is 3. The summed E-state index contributed by atoms with van der Waals surface area (Å²) in [6.07, 6.45) is 1.12. The first-order chi connectivity index (χ1) is 7.31. The van der Waals surface area contributed by atoms with Gasteiger partial charge in [-0.1, -0.05) is 0 Å². The normalized spacial score (nSPS) is 10.8. The van der Waals surface area contributed by atoms with E-state index in [9.17, 15) is 9.59 Å². The van der Waals surface area contributed by atoms with Crippen LogP contribution in [0.3, 0.4) is 0 Å². The van der Waals surface area contributed by atoms with E-state index < -0.39 is 37.3 Å². The van der Waals surface area contributed by atoms with Gasteiger partial charge in [0.1, 0.15) is 0 Å². The highest BCUT2D eigenvalue weighted by Crippen LogP contribution is 1.93. The molecule has 0 rings (SSSR count). The molecule has 7 N–H and O–H groups in total. The Morgan fingerprint density at radius 3 is 1.25 bits per heavy atom. The van der Waals surface area contributed by atoms with Gasteiger partial charge in [0, 0.05) is 12.2 Å². The Morgan fingerprint density at radius 2 is 1.19 bits per heavy atom. The maximum atomic E-state index is 9.55. The number of carboxylic acid groups (broad SMARTS) is 2. The van der Waals surface area contributed by atoms with Gasteiger partial charge in [-0.15, -0.1) is 0 Å². The van der Waals surface area contributed by atoms with E-state index in [1.807, 2.05) is 0 Å². The maximum absolute atomic E-state index is 9.55. The van der Waals surface area contributed by atoms with Gasteiger partial charge in [0.25, 0.3) is 0 Å². The summed E-state index contributed by atoms with van der Waals surface area (Å²) in [5.74, 6) is -2.51. The smallest absolute Gasteiger partial charge is 0.328 e. The van der Waals surface area contributed by atoms with Crippen LogP contribution in [0.2, 0.25) is 0 Å². The molecule has 0 aliphatic rings. The molecule has 8 heteroatoms. The second-order valence-electron chi connectivity index (χ2n) is 2.85. The highest BCUT2D eigenvalue weighted by atomic mass is 16.4. The number of nitrogens with two attached hydrogens (primary N) is 1. The Bertz CT molecular complexity index is 223. The van der Waals surface area contributed by atoms with Crippen molar-refractivity contribution in [2.45, 2.75) is 5.54 Å². The first kappa shape index (κ1) is 16.9. The molecular formula is C8H15NO7. The molecule has 0 saturated carbocycles. The van der Waals surface area contributed by atoms with Crippen molar-refractivity contribution in [2.75, 3.05) is 19.8 Å². The van der Waals surface area contributed by atoms with E-state index in [0.717, 1.165) is 0 Å². The van der Waals surface area contributed by atoms with Gasteiger partial charge in [-0.2, -0.15) is 0 Å². The van der Waals surface area contributed by atoms with E-state index in [0.29, 0.717) is 12.2 Å². The topological polar surface area (TPSA) is 161 Å². The number of aliphatic hydroxyl groups is 3. The molecule has 16 heavy (non-hydrogen) atoms. The van der Waals surface area contributed by atoms with Crippen LogP contribution < -0.4 is 5.73 Å². The van der Waals surface area contributed by atoms with Crippen molar-refractivity contribution in [3.63, 3.8) is 0 Å². The van der Waals surface area contributed by atoms with Crippen molar-refractivity contribution in [2.24, 2.45) is 5.73 Å². The maximum Gasteiger partial charge on any atom is 0.328 e. The third-order valence-corrected chi connectivity index (χ3v) is 1.31. The van der Waals surface area contributed by atoms with E-state index in [2.05, 4.69) is 0 Å². The highest BCUT2D eigenvalue weighted by Gasteiger charge is 2.20. The van der Waals surface area contributed by atoms with Crippen molar-refractivity contribution >= 4 is 11.9 Å². The highest BCUT2D eigenvalue weighted by molar-refractivity contribution is 5.89. The number of hydrogen-bond acceptors (Lipinski definition) is 6. The molecule has 0 aromatic carbocycles. The van der Waals surface area contributed by atoms with Crippen LogP contribution in [0.1, 0.15) is 0 Å². The Hall–Kier alpha value is -1.48. The van der Waals surface area contributed by atoms with Crippen LogP contribution in [-0.2, 0) is 9.59 Å². The summed E-state index contributed by atoms with van der Waals surface area (Å²) < 4.78 is 0. The van der Waals surface area contributed by atoms with Crippen molar-refractivity contribution in [1.29, 1.82) is 0 Å². The summed E-state index contributed by atoms with van der Waals surface area (Å²) in [7, 11) is 0. The zero-order valence-corrected chi connectivity index (χ0v) is 8.41. The summed E-state index contributed by atoms with van der Waals surface area (Å²) in [6, 6.07) is 0. The van der Waals surface area contributed by atoms with Crippen LogP contribution in [-0.4, -0.2) is 62.8 Å². The number of carbonyl (C=O) groups is 2. The molecule has 0 aliphatic carbocycles. The second-order valence-corrected chi connectivity index (χ2v) is 2.85. The van der Waals surface area contributed by atoms with Gasteiger partial charge in [-0.25, -0.2) is 9.59 Å². The minimum absolute atomic E-state index is 0.403. The average Bonchev–Trinajstić information content (AvgIpc) is 2.26. The Labute approximate surface area is 91.2 Å². The minimum Gasteiger partial charge on any atom is -0.478 e. The summed E-state index contributed by atoms with van der Waals surface area (Å²) >= 11 is 0. The summed E-state index contributed by atoms with van der Waals surface area (Å²) in [5, 5.41) is 40.6. The summed E-state index contributed by atoms with van der Waals surface area (Å²) in [5.41, 5.74) is 3.94. The largest absolute Gasteiger partial charge is 0.478 e. The first-order valence-corrected chi connectivity index (χ1v) is 4.06. The molecular weight excluding hydrogens is 222 g/mol. The van der Waals surface area contributed by atoms with Gasteiger partial charge < -0.3 is 31.3 Å². The third kappa shape index (κ3) is 10.6. The Kier molecular flexibility index (Phi) is 9.31. The molecule has 0 fully saturated rings. The van der Waals surface area contributed by atoms with Crippen LogP contribution in [0.15, 0.2) is 12.2 Å². The Morgan fingerprint density at radius 1 is 0.938 bits per heavy atom. The summed E-state index contributed by atoms with van der Waals surface area (Å²) in [6.45, 7) is -1.21. The van der Waals surface area contributed by atoms with Crippen molar-refractivity contribution in [3.05, 3.63) is 12.2 Å². The number of aliphatic carboxylic acids is 2. The number of carboxylic acids is 2. The summed E-state index contributed by atoms with van der Waals surface area (Å²) in [4.78, 5) is 19.1. The first-order valence-electron chi connectivity index (χ1n) is 4.06. The molecule has 0 saturated heterocycles. The van der Waals surface area contributed by atoms with Crippen LogP contribution in [0.5, 0.6) is 0 Å². The fourth-order valence-corrected chi connectivity index (χ4v) is 0.293. The lowest BCUT2D eigenvalue weighted by Gasteiger charge is -2.20. The van der Waals surface area contributed by atoms with E-state index in [4.69, 9.17) is 31.3 Å². The molecule has 0 aromatic rings. The molecule has 0 amide bonds. The molecule has 0 atom stereocenters. The van der Waals surface area contributed by atoms with Gasteiger partial charge in [-0.3, -0.25) is 0 Å².